The summed E-state index contributed by atoms with van der Waals surface area (Å²) >= 11 is 11.9. The largest absolute Gasteiger partial charge is 0.482 e. The molecule has 1 atom stereocenters. The fraction of sp³-hybridized carbons (Fsp3) is 0.500. The number of benzene rings is 1. The summed E-state index contributed by atoms with van der Waals surface area (Å²) in [5, 5.41) is 4.13. The molecule has 1 aliphatic heterocycles. The highest BCUT2D eigenvalue weighted by Gasteiger charge is 2.25. The van der Waals surface area contributed by atoms with Crippen LogP contribution in [-0.4, -0.2) is 44.1 Å². The molecule has 1 heterocycles. The highest BCUT2D eigenvalue weighted by atomic mass is 35.5. The summed E-state index contributed by atoms with van der Waals surface area (Å²) in [5.41, 5.74) is 0. The topological polar surface area (TPSA) is 41.6 Å². The number of nitrogens with zero attached hydrogens (tertiary/aromatic N) is 1. The summed E-state index contributed by atoms with van der Waals surface area (Å²) in [4.78, 5) is 13.9. The SMILES string of the molecule is CNC[C@H]1CCN(C(=O)COc2cc(Cl)ccc2Cl)C1. The molecular formula is C14H18Cl2N2O2. The zero-order chi connectivity index (χ0) is 14.5. The third kappa shape index (κ3) is 4.01. The third-order valence-electron chi connectivity index (χ3n) is 3.38. The second-order valence-electron chi connectivity index (χ2n) is 4.92. The van der Waals surface area contributed by atoms with Crippen molar-refractivity contribution in [1.29, 1.82) is 0 Å². The molecule has 1 saturated heterocycles. The lowest BCUT2D eigenvalue weighted by molar-refractivity contribution is -0.132. The Labute approximate surface area is 129 Å². The summed E-state index contributed by atoms with van der Waals surface area (Å²) in [6, 6.07) is 4.95. The molecule has 110 valence electrons. The first-order valence-corrected chi connectivity index (χ1v) is 7.36. The maximum Gasteiger partial charge on any atom is 0.260 e. The molecule has 1 aliphatic rings. The molecule has 0 radical (unpaired) electrons. The summed E-state index contributed by atoms with van der Waals surface area (Å²) in [7, 11) is 1.93. The first kappa shape index (κ1) is 15.4. The minimum absolute atomic E-state index is 0.00760. The smallest absolute Gasteiger partial charge is 0.260 e. The Bertz CT molecular complexity index is 482. The number of ether oxygens (including phenoxy) is 1. The van der Waals surface area contributed by atoms with Gasteiger partial charge in [0.05, 0.1) is 5.02 Å². The van der Waals surface area contributed by atoms with Crippen LogP contribution in [0, 0.1) is 5.92 Å². The lowest BCUT2D eigenvalue weighted by Gasteiger charge is -2.17. The predicted molar refractivity (Wildman–Crippen MR) is 80.6 cm³/mol. The van der Waals surface area contributed by atoms with Crippen molar-refractivity contribution < 1.29 is 9.53 Å². The van der Waals surface area contributed by atoms with Crippen LogP contribution in [-0.2, 0) is 4.79 Å². The first-order chi connectivity index (χ1) is 9.60. The Kier molecular flexibility index (Phi) is 5.52. The molecule has 0 saturated carbocycles. The van der Waals surface area contributed by atoms with Crippen molar-refractivity contribution in [3.8, 4) is 5.75 Å². The maximum atomic E-state index is 12.1. The number of halogens is 2. The van der Waals surface area contributed by atoms with Gasteiger partial charge in [-0.3, -0.25) is 4.79 Å². The molecule has 20 heavy (non-hydrogen) atoms. The van der Waals surface area contributed by atoms with Gasteiger partial charge in [0.25, 0.3) is 5.91 Å². The van der Waals surface area contributed by atoms with Crippen molar-refractivity contribution >= 4 is 29.1 Å². The summed E-state index contributed by atoms with van der Waals surface area (Å²) in [6.45, 7) is 2.50. The molecule has 1 aromatic rings. The van der Waals surface area contributed by atoms with Crippen molar-refractivity contribution in [2.45, 2.75) is 6.42 Å². The number of hydrogen-bond donors (Lipinski definition) is 1. The van der Waals surface area contributed by atoms with Crippen LogP contribution in [0.4, 0.5) is 0 Å². The van der Waals surface area contributed by atoms with Crippen molar-refractivity contribution in [3.63, 3.8) is 0 Å². The molecule has 2 rings (SSSR count). The minimum atomic E-state index is -0.0142. The van der Waals surface area contributed by atoms with Crippen LogP contribution in [0.1, 0.15) is 6.42 Å². The number of hydrogen-bond acceptors (Lipinski definition) is 3. The fourth-order valence-corrected chi connectivity index (χ4v) is 2.67. The van der Waals surface area contributed by atoms with Gasteiger partial charge < -0.3 is 15.0 Å². The molecule has 6 heteroatoms. The van der Waals surface area contributed by atoms with Gasteiger partial charge in [-0.1, -0.05) is 23.2 Å². The van der Waals surface area contributed by atoms with Crippen LogP contribution < -0.4 is 10.1 Å². The van der Waals surface area contributed by atoms with E-state index in [9.17, 15) is 4.79 Å². The molecule has 1 amide bonds. The van der Waals surface area contributed by atoms with Gasteiger partial charge in [0.15, 0.2) is 6.61 Å². The van der Waals surface area contributed by atoms with Crippen LogP contribution in [0.25, 0.3) is 0 Å². The molecule has 1 aromatic carbocycles. The highest BCUT2D eigenvalue weighted by molar-refractivity contribution is 6.34. The Hall–Kier alpha value is -0.970. The molecule has 0 unspecified atom stereocenters. The Balaban J connectivity index is 1.85. The van der Waals surface area contributed by atoms with E-state index in [1.54, 1.807) is 18.2 Å². The minimum Gasteiger partial charge on any atom is -0.482 e. The average Bonchev–Trinajstić information content (AvgIpc) is 2.88. The van der Waals surface area contributed by atoms with Crippen molar-refractivity contribution in [1.82, 2.24) is 10.2 Å². The predicted octanol–water partition coefficient (Wildman–Crippen LogP) is 2.44. The highest BCUT2D eigenvalue weighted by Crippen LogP contribution is 2.27. The van der Waals surface area contributed by atoms with Gasteiger partial charge in [-0.25, -0.2) is 0 Å². The molecule has 0 aromatic heterocycles. The van der Waals surface area contributed by atoms with E-state index in [1.807, 2.05) is 11.9 Å². The van der Waals surface area contributed by atoms with Crippen LogP contribution in [0.5, 0.6) is 5.75 Å². The van der Waals surface area contributed by atoms with Crippen molar-refractivity contribution in [2.75, 3.05) is 33.3 Å². The number of likely N-dealkylation sites (tertiary alicyclic amines) is 1. The maximum absolute atomic E-state index is 12.1. The Morgan fingerprint density at radius 3 is 3.05 bits per heavy atom. The molecule has 4 nitrogen and oxygen atoms in total. The van der Waals surface area contributed by atoms with Gasteiger partial charge >= 0.3 is 0 Å². The zero-order valence-electron chi connectivity index (χ0n) is 11.4. The lowest BCUT2D eigenvalue weighted by atomic mass is 10.1. The van der Waals surface area contributed by atoms with E-state index in [-0.39, 0.29) is 12.5 Å². The second kappa shape index (κ2) is 7.16. The summed E-state index contributed by atoms with van der Waals surface area (Å²) in [5.74, 6) is 0.955. The van der Waals surface area contributed by atoms with Gasteiger partial charge in [0.1, 0.15) is 5.75 Å². The Morgan fingerprint density at radius 1 is 1.50 bits per heavy atom. The van der Waals surface area contributed by atoms with E-state index in [2.05, 4.69) is 5.32 Å². The van der Waals surface area contributed by atoms with Crippen LogP contribution in [0.3, 0.4) is 0 Å². The van der Waals surface area contributed by atoms with Crippen molar-refractivity contribution in [2.24, 2.45) is 5.92 Å². The van der Waals surface area contributed by atoms with Gasteiger partial charge in [0.2, 0.25) is 0 Å². The Morgan fingerprint density at radius 2 is 2.30 bits per heavy atom. The number of carbonyl (C=O) groups is 1. The lowest BCUT2D eigenvalue weighted by Crippen LogP contribution is -2.34. The van der Waals surface area contributed by atoms with E-state index >= 15 is 0 Å². The monoisotopic (exact) mass is 316 g/mol. The zero-order valence-corrected chi connectivity index (χ0v) is 12.9. The second-order valence-corrected chi connectivity index (χ2v) is 5.76. The van der Waals surface area contributed by atoms with Gasteiger partial charge in [-0.2, -0.15) is 0 Å². The van der Waals surface area contributed by atoms with Gasteiger partial charge in [0, 0.05) is 24.2 Å². The molecule has 0 spiro atoms. The molecular weight excluding hydrogens is 299 g/mol. The molecule has 1 N–H and O–H groups in total. The number of carbonyl (C=O) groups excluding carboxylic acids is 1. The molecule has 0 aliphatic carbocycles. The van der Waals surface area contributed by atoms with Crippen LogP contribution >= 0.6 is 23.2 Å². The third-order valence-corrected chi connectivity index (χ3v) is 3.92. The van der Waals surface area contributed by atoms with Crippen LogP contribution in [0.15, 0.2) is 18.2 Å². The molecule has 0 bridgehead atoms. The fourth-order valence-electron chi connectivity index (χ4n) is 2.33. The van der Waals surface area contributed by atoms with E-state index in [0.29, 0.717) is 21.7 Å². The number of rotatable bonds is 5. The quantitative estimate of drug-likeness (QED) is 0.907. The summed E-state index contributed by atoms with van der Waals surface area (Å²) in [6.07, 6.45) is 1.03. The number of amides is 1. The average molecular weight is 317 g/mol. The number of nitrogens with one attached hydrogen (secondary N) is 1. The van der Waals surface area contributed by atoms with Crippen LogP contribution in [0.2, 0.25) is 10.0 Å². The van der Waals surface area contributed by atoms with Crippen molar-refractivity contribution in [3.05, 3.63) is 28.2 Å². The standard InChI is InChI=1S/C14H18Cl2N2O2/c1-17-7-10-4-5-18(8-10)14(19)9-20-13-6-11(15)2-3-12(13)16/h2-3,6,10,17H,4-5,7-9H2,1H3/t10-/m1/s1. The summed E-state index contributed by atoms with van der Waals surface area (Å²) < 4.78 is 5.46. The molecule has 1 fully saturated rings. The van der Waals surface area contributed by atoms with E-state index < -0.39 is 0 Å². The van der Waals surface area contributed by atoms with Gasteiger partial charge in [-0.15, -0.1) is 0 Å². The normalized spacial score (nSPS) is 18.4. The van der Waals surface area contributed by atoms with E-state index in [0.717, 1.165) is 26.1 Å². The van der Waals surface area contributed by atoms with E-state index in [1.165, 1.54) is 0 Å². The first-order valence-electron chi connectivity index (χ1n) is 6.60. The van der Waals surface area contributed by atoms with Gasteiger partial charge in [-0.05, 0) is 38.1 Å². The van der Waals surface area contributed by atoms with E-state index in [4.69, 9.17) is 27.9 Å².